The van der Waals surface area contributed by atoms with Crippen LogP contribution in [0.1, 0.15) is 34.1 Å². The minimum Gasteiger partial charge on any atom is -0.298 e. The lowest BCUT2D eigenvalue weighted by atomic mass is 9.77. The molecular formula is C25H18F2N2O. The molecule has 2 aromatic heterocycles. The summed E-state index contributed by atoms with van der Waals surface area (Å²) in [6.07, 6.45) is 6.49. The van der Waals surface area contributed by atoms with Gasteiger partial charge in [0.25, 0.3) is 0 Å². The molecule has 2 aromatic carbocycles. The lowest BCUT2D eigenvalue weighted by Gasteiger charge is -2.24. The average Bonchev–Trinajstić information content (AvgIpc) is 2.78. The number of benzene rings is 2. The second kappa shape index (κ2) is 8.74. The van der Waals surface area contributed by atoms with Gasteiger partial charge in [0.1, 0.15) is 11.6 Å². The van der Waals surface area contributed by atoms with Crippen LogP contribution in [0.5, 0.6) is 0 Å². The van der Waals surface area contributed by atoms with E-state index >= 15 is 0 Å². The number of ketones is 1. The van der Waals surface area contributed by atoms with Crippen LogP contribution in [0, 0.1) is 11.6 Å². The molecule has 0 bridgehead atoms. The van der Waals surface area contributed by atoms with Gasteiger partial charge in [0.2, 0.25) is 0 Å². The Bertz CT molecular complexity index is 1020. The molecule has 5 heteroatoms. The molecule has 0 radical (unpaired) electrons. The van der Waals surface area contributed by atoms with Gasteiger partial charge in [-0.05, 0) is 70.8 Å². The summed E-state index contributed by atoms with van der Waals surface area (Å²) in [5.74, 6) is -2.13. The van der Waals surface area contributed by atoms with E-state index in [2.05, 4.69) is 9.97 Å². The smallest absolute Gasteiger partial charge is 0.156 e. The summed E-state index contributed by atoms with van der Waals surface area (Å²) in [6.45, 7) is 0. The summed E-state index contributed by atoms with van der Waals surface area (Å²) in [4.78, 5) is 22.1. The molecule has 0 saturated carbocycles. The van der Waals surface area contributed by atoms with E-state index in [1.165, 1.54) is 24.3 Å². The third-order valence-electron chi connectivity index (χ3n) is 5.05. The molecule has 0 saturated heterocycles. The van der Waals surface area contributed by atoms with Crippen molar-refractivity contribution >= 4 is 5.78 Å². The number of pyridine rings is 2. The first-order valence-electron chi connectivity index (χ1n) is 9.48. The van der Waals surface area contributed by atoms with Crippen molar-refractivity contribution in [1.82, 2.24) is 9.97 Å². The number of halogens is 2. The molecule has 0 N–H and O–H groups in total. The van der Waals surface area contributed by atoms with Gasteiger partial charge in [0.05, 0.1) is 11.8 Å². The van der Waals surface area contributed by atoms with Crippen molar-refractivity contribution in [2.45, 2.75) is 11.8 Å². The molecule has 0 aliphatic rings. The lowest BCUT2D eigenvalue weighted by Crippen LogP contribution is -2.23. The highest BCUT2D eigenvalue weighted by atomic mass is 19.1. The first kappa shape index (κ1) is 19.6. The first-order chi connectivity index (χ1) is 14.6. The van der Waals surface area contributed by atoms with Gasteiger partial charge in [-0.25, -0.2) is 8.78 Å². The molecule has 2 heterocycles. The Morgan fingerprint density at radius 1 is 0.533 bits per heavy atom. The molecule has 0 aliphatic heterocycles. The molecule has 3 nitrogen and oxygen atoms in total. The summed E-state index contributed by atoms with van der Waals surface area (Å²) in [5.41, 5.74) is 2.85. The standard InChI is InChI=1S/C25H18F2N2O/c26-21-5-1-17(2-6-21)23(19-9-13-28-14-10-19)25(30)24(20-11-15-29-16-12-20)18-3-7-22(27)8-4-18/h1-16,23-24H. The maximum Gasteiger partial charge on any atom is 0.156 e. The van der Waals surface area contributed by atoms with E-state index in [0.29, 0.717) is 11.1 Å². The molecule has 4 rings (SSSR count). The van der Waals surface area contributed by atoms with Crippen LogP contribution >= 0.6 is 0 Å². The van der Waals surface area contributed by atoms with Crippen LogP contribution in [0.2, 0.25) is 0 Å². The van der Waals surface area contributed by atoms with Crippen LogP contribution in [0.3, 0.4) is 0 Å². The van der Waals surface area contributed by atoms with E-state index in [0.717, 1.165) is 11.1 Å². The number of hydrogen-bond donors (Lipinski definition) is 0. The van der Waals surface area contributed by atoms with E-state index in [9.17, 15) is 13.6 Å². The summed E-state index contributed by atoms with van der Waals surface area (Å²) in [6, 6.07) is 19.0. The highest BCUT2D eigenvalue weighted by Gasteiger charge is 2.32. The minimum absolute atomic E-state index is 0.106. The zero-order chi connectivity index (χ0) is 20.9. The summed E-state index contributed by atoms with van der Waals surface area (Å²) in [5, 5.41) is 0. The van der Waals surface area contributed by atoms with Gasteiger partial charge in [0.15, 0.2) is 5.78 Å². The third-order valence-corrected chi connectivity index (χ3v) is 5.05. The van der Waals surface area contributed by atoms with E-state index in [4.69, 9.17) is 0 Å². The van der Waals surface area contributed by atoms with Crippen LogP contribution in [0.15, 0.2) is 97.6 Å². The SMILES string of the molecule is O=C(C(c1ccncc1)c1ccc(F)cc1)C(c1ccncc1)c1ccc(F)cc1. The maximum absolute atomic E-state index is 14.0. The van der Waals surface area contributed by atoms with Crippen molar-refractivity contribution in [3.8, 4) is 0 Å². The van der Waals surface area contributed by atoms with E-state index < -0.39 is 11.8 Å². The monoisotopic (exact) mass is 400 g/mol. The minimum atomic E-state index is -0.642. The van der Waals surface area contributed by atoms with E-state index in [-0.39, 0.29) is 17.4 Å². The van der Waals surface area contributed by atoms with Crippen LogP contribution in [-0.2, 0) is 4.79 Å². The largest absolute Gasteiger partial charge is 0.298 e. The van der Waals surface area contributed by atoms with Crippen molar-refractivity contribution < 1.29 is 13.6 Å². The molecule has 2 atom stereocenters. The molecule has 0 amide bonds. The van der Waals surface area contributed by atoms with Crippen molar-refractivity contribution in [3.05, 3.63) is 131 Å². The fraction of sp³-hybridized carbons (Fsp3) is 0.0800. The topological polar surface area (TPSA) is 42.9 Å². The number of Topliss-reactive ketones (excluding diaryl/α,β-unsaturated/α-hetero) is 1. The quantitative estimate of drug-likeness (QED) is 0.442. The Morgan fingerprint density at radius 3 is 1.17 bits per heavy atom. The molecule has 2 unspecified atom stereocenters. The normalized spacial score (nSPS) is 12.9. The molecule has 0 fully saturated rings. The third kappa shape index (κ3) is 4.15. The van der Waals surface area contributed by atoms with Gasteiger partial charge in [-0.15, -0.1) is 0 Å². The first-order valence-corrected chi connectivity index (χ1v) is 9.48. The van der Waals surface area contributed by atoms with Crippen LogP contribution in [0.4, 0.5) is 8.78 Å². The average molecular weight is 400 g/mol. The summed E-state index contributed by atoms with van der Waals surface area (Å²) >= 11 is 0. The summed E-state index contributed by atoms with van der Waals surface area (Å²) < 4.78 is 27.1. The Labute approximate surface area is 173 Å². The van der Waals surface area contributed by atoms with Crippen molar-refractivity contribution in [2.24, 2.45) is 0 Å². The fourth-order valence-corrected chi connectivity index (χ4v) is 3.63. The van der Waals surface area contributed by atoms with Crippen LogP contribution in [-0.4, -0.2) is 15.8 Å². The predicted molar refractivity (Wildman–Crippen MR) is 110 cm³/mol. The molecule has 30 heavy (non-hydrogen) atoms. The number of nitrogens with zero attached hydrogens (tertiary/aromatic N) is 2. The molecule has 0 aliphatic carbocycles. The summed E-state index contributed by atoms with van der Waals surface area (Å²) in [7, 11) is 0. The Hall–Kier alpha value is -3.73. The van der Waals surface area contributed by atoms with E-state index in [1.54, 1.807) is 73.3 Å². The van der Waals surface area contributed by atoms with Gasteiger partial charge in [-0.2, -0.15) is 0 Å². The van der Waals surface area contributed by atoms with Gasteiger partial charge in [-0.3, -0.25) is 14.8 Å². The van der Waals surface area contributed by atoms with Crippen molar-refractivity contribution in [3.63, 3.8) is 0 Å². The highest BCUT2D eigenvalue weighted by molar-refractivity contribution is 5.96. The molecule has 4 aromatic rings. The zero-order valence-corrected chi connectivity index (χ0v) is 16.0. The second-order valence-corrected chi connectivity index (χ2v) is 6.93. The fourth-order valence-electron chi connectivity index (χ4n) is 3.63. The number of aromatic nitrogens is 2. The second-order valence-electron chi connectivity index (χ2n) is 6.93. The van der Waals surface area contributed by atoms with E-state index in [1.807, 2.05) is 0 Å². The number of hydrogen-bond acceptors (Lipinski definition) is 3. The van der Waals surface area contributed by atoms with Gasteiger partial charge >= 0.3 is 0 Å². The highest BCUT2D eigenvalue weighted by Crippen LogP contribution is 2.35. The Balaban J connectivity index is 1.86. The number of carbonyl (C=O) groups excluding carboxylic acids is 1. The predicted octanol–water partition coefficient (Wildman–Crippen LogP) is 5.29. The number of carbonyl (C=O) groups is 1. The van der Waals surface area contributed by atoms with Gasteiger partial charge < -0.3 is 0 Å². The Morgan fingerprint density at radius 2 is 0.833 bits per heavy atom. The lowest BCUT2D eigenvalue weighted by molar-refractivity contribution is -0.120. The molecule has 148 valence electrons. The molecule has 0 spiro atoms. The van der Waals surface area contributed by atoms with Gasteiger partial charge in [-0.1, -0.05) is 24.3 Å². The van der Waals surface area contributed by atoms with Crippen LogP contribution in [0.25, 0.3) is 0 Å². The number of rotatable bonds is 6. The molecular weight excluding hydrogens is 382 g/mol. The Kier molecular flexibility index (Phi) is 5.70. The maximum atomic E-state index is 14.0. The van der Waals surface area contributed by atoms with Crippen molar-refractivity contribution in [2.75, 3.05) is 0 Å². The van der Waals surface area contributed by atoms with Gasteiger partial charge in [0, 0.05) is 24.8 Å². The van der Waals surface area contributed by atoms with Crippen molar-refractivity contribution in [1.29, 1.82) is 0 Å². The zero-order valence-electron chi connectivity index (χ0n) is 16.0. The van der Waals surface area contributed by atoms with Crippen LogP contribution < -0.4 is 0 Å².